The van der Waals surface area contributed by atoms with E-state index in [1.54, 1.807) is 0 Å². The monoisotopic (exact) mass is 274 g/mol. The van der Waals surface area contributed by atoms with Gasteiger partial charge >= 0.3 is 0 Å². The van der Waals surface area contributed by atoms with E-state index in [2.05, 4.69) is 55.5 Å². The minimum Gasteiger partial charge on any atom is -0.487 e. The summed E-state index contributed by atoms with van der Waals surface area (Å²) in [6.45, 7) is 2.05. The number of hydrogen-bond donors (Lipinski definition) is 0. The first-order valence-corrected chi connectivity index (χ1v) is 7.20. The van der Waals surface area contributed by atoms with Crippen LogP contribution >= 0.6 is 0 Å². The number of fused-ring (bicyclic) bond motifs is 1. The normalized spacial score (nSPS) is 12.6. The molecule has 0 bridgehead atoms. The van der Waals surface area contributed by atoms with Crippen molar-refractivity contribution in [2.45, 2.75) is 13.0 Å². The van der Waals surface area contributed by atoms with Crippen molar-refractivity contribution in [3.63, 3.8) is 0 Å². The van der Waals surface area contributed by atoms with Gasteiger partial charge in [-0.05, 0) is 41.5 Å². The maximum absolute atomic E-state index is 5.96. The molecule has 0 saturated carbocycles. The number of benzene rings is 3. The summed E-state index contributed by atoms with van der Waals surface area (Å²) in [4.78, 5) is 0. The standard InChI is InChI=1S/C20H18O/c1-16(11-12-17-7-3-2-4-8-17)21-20-14-13-18-9-5-6-10-19(18)15-20/h2-16H,1H3/b12-11+/t16-/m1/s1. The van der Waals surface area contributed by atoms with Gasteiger partial charge in [0.05, 0.1) is 0 Å². The summed E-state index contributed by atoms with van der Waals surface area (Å²) in [5.41, 5.74) is 1.19. The van der Waals surface area contributed by atoms with E-state index >= 15 is 0 Å². The second-order valence-electron chi connectivity index (χ2n) is 5.10. The predicted molar refractivity (Wildman–Crippen MR) is 89.5 cm³/mol. The molecule has 0 aromatic heterocycles. The number of rotatable bonds is 4. The Morgan fingerprint density at radius 3 is 2.33 bits per heavy atom. The van der Waals surface area contributed by atoms with Gasteiger partial charge in [0.25, 0.3) is 0 Å². The quantitative estimate of drug-likeness (QED) is 0.625. The smallest absolute Gasteiger partial charge is 0.120 e. The zero-order valence-electron chi connectivity index (χ0n) is 12.1. The van der Waals surface area contributed by atoms with E-state index < -0.39 is 0 Å². The van der Waals surface area contributed by atoms with Crippen molar-refractivity contribution < 1.29 is 4.74 Å². The van der Waals surface area contributed by atoms with Crippen molar-refractivity contribution in [3.05, 3.63) is 84.4 Å². The minimum atomic E-state index is 0.0337. The van der Waals surface area contributed by atoms with Crippen molar-refractivity contribution in [3.8, 4) is 5.75 Å². The molecule has 3 rings (SSSR count). The third-order valence-electron chi connectivity index (χ3n) is 3.40. The number of ether oxygens (including phenoxy) is 1. The largest absolute Gasteiger partial charge is 0.487 e. The highest BCUT2D eigenvalue weighted by atomic mass is 16.5. The average molecular weight is 274 g/mol. The van der Waals surface area contributed by atoms with Crippen LogP contribution in [0.4, 0.5) is 0 Å². The molecule has 104 valence electrons. The summed E-state index contributed by atoms with van der Waals surface area (Å²) >= 11 is 0. The Morgan fingerprint density at radius 2 is 1.52 bits per heavy atom. The maximum Gasteiger partial charge on any atom is 0.120 e. The van der Waals surface area contributed by atoms with Gasteiger partial charge in [-0.3, -0.25) is 0 Å². The topological polar surface area (TPSA) is 9.23 Å². The Kier molecular flexibility index (Phi) is 4.02. The predicted octanol–water partition coefficient (Wildman–Crippen LogP) is 5.32. The molecule has 0 unspecified atom stereocenters. The SMILES string of the molecule is C[C@H](/C=C/c1ccccc1)Oc1ccc2ccccc2c1. The summed E-state index contributed by atoms with van der Waals surface area (Å²) in [6, 6.07) is 24.8. The van der Waals surface area contributed by atoms with Gasteiger partial charge in [0.1, 0.15) is 11.9 Å². The second kappa shape index (κ2) is 6.27. The molecule has 21 heavy (non-hydrogen) atoms. The van der Waals surface area contributed by atoms with Crippen molar-refractivity contribution in [1.82, 2.24) is 0 Å². The summed E-state index contributed by atoms with van der Waals surface area (Å²) in [5, 5.41) is 2.44. The Labute approximate surface area is 125 Å². The second-order valence-corrected chi connectivity index (χ2v) is 5.10. The molecular formula is C20H18O. The van der Waals surface area contributed by atoms with Crippen LogP contribution in [0.1, 0.15) is 12.5 Å². The van der Waals surface area contributed by atoms with E-state index in [-0.39, 0.29) is 6.10 Å². The van der Waals surface area contributed by atoms with Crippen LogP contribution in [-0.2, 0) is 0 Å². The maximum atomic E-state index is 5.96. The molecule has 0 saturated heterocycles. The van der Waals surface area contributed by atoms with Crippen LogP contribution in [0.5, 0.6) is 5.75 Å². The third-order valence-corrected chi connectivity index (χ3v) is 3.40. The molecule has 0 radical (unpaired) electrons. The molecule has 3 aromatic rings. The molecule has 1 atom stereocenters. The highest BCUT2D eigenvalue weighted by Gasteiger charge is 2.01. The van der Waals surface area contributed by atoms with Crippen LogP contribution in [0.15, 0.2) is 78.9 Å². The van der Waals surface area contributed by atoms with E-state index in [1.807, 2.05) is 36.4 Å². The van der Waals surface area contributed by atoms with Gasteiger partial charge in [-0.25, -0.2) is 0 Å². The van der Waals surface area contributed by atoms with Crippen LogP contribution in [0.25, 0.3) is 16.8 Å². The van der Waals surface area contributed by atoms with Gasteiger partial charge in [0.15, 0.2) is 0 Å². The van der Waals surface area contributed by atoms with Crippen molar-refractivity contribution >= 4 is 16.8 Å². The molecule has 0 heterocycles. The van der Waals surface area contributed by atoms with E-state index in [1.165, 1.54) is 16.3 Å². The molecule has 0 aliphatic rings. The van der Waals surface area contributed by atoms with Gasteiger partial charge in [-0.15, -0.1) is 0 Å². The molecule has 0 amide bonds. The summed E-state index contributed by atoms with van der Waals surface area (Å²) in [5.74, 6) is 0.902. The van der Waals surface area contributed by atoms with Crippen LogP contribution in [-0.4, -0.2) is 6.10 Å². The van der Waals surface area contributed by atoms with Gasteiger partial charge in [-0.2, -0.15) is 0 Å². The molecule has 0 spiro atoms. The highest BCUT2D eigenvalue weighted by molar-refractivity contribution is 5.83. The first-order chi connectivity index (χ1) is 10.3. The highest BCUT2D eigenvalue weighted by Crippen LogP contribution is 2.21. The lowest BCUT2D eigenvalue weighted by molar-refractivity contribution is 0.271. The minimum absolute atomic E-state index is 0.0337. The fourth-order valence-electron chi connectivity index (χ4n) is 2.31. The van der Waals surface area contributed by atoms with Crippen LogP contribution in [0.2, 0.25) is 0 Å². The molecule has 0 aliphatic carbocycles. The lowest BCUT2D eigenvalue weighted by atomic mass is 10.1. The zero-order valence-corrected chi connectivity index (χ0v) is 12.1. The number of hydrogen-bond acceptors (Lipinski definition) is 1. The third kappa shape index (κ3) is 3.51. The summed E-state index contributed by atoms with van der Waals surface area (Å²) in [6.07, 6.45) is 4.20. The molecule has 1 nitrogen and oxygen atoms in total. The molecule has 0 N–H and O–H groups in total. The molecule has 3 aromatic carbocycles. The lowest BCUT2D eigenvalue weighted by Gasteiger charge is -2.11. The summed E-state index contributed by atoms with van der Waals surface area (Å²) in [7, 11) is 0. The Bertz CT molecular complexity index is 744. The van der Waals surface area contributed by atoms with Crippen LogP contribution in [0, 0.1) is 0 Å². The van der Waals surface area contributed by atoms with Crippen LogP contribution < -0.4 is 4.74 Å². The van der Waals surface area contributed by atoms with Gasteiger partial charge < -0.3 is 4.74 Å². The van der Waals surface area contributed by atoms with Gasteiger partial charge in [0, 0.05) is 0 Å². The van der Waals surface area contributed by atoms with E-state index in [0.29, 0.717) is 0 Å². The Morgan fingerprint density at radius 1 is 0.810 bits per heavy atom. The van der Waals surface area contributed by atoms with Gasteiger partial charge in [0.2, 0.25) is 0 Å². The zero-order chi connectivity index (χ0) is 14.5. The Hall–Kier alpha value is -2.54. The molecular weight excluding hydrogens is 256 g/mol. The van der Waals surface area contributed by atoms with E-state index in [9.17, 15) is 0 Å². The van der Waals surface area contributed by atoms with Crippen molar-refractivity contribution in [2.75, 3.05) is 0 Å². The van der Waals surface area contributed by atoms with Crippen molar-refractivity contribution in [1.29, 1.82) is 0 Å². The Balaban J connectivity index is 1.71. The van der Waals surface area contributed by atoms with E-state index in [4.69, 9.17) is 4.74 Å². The first-order valence-electron chi connectivity index (χ1n) is 7.20. The van der Waals surface area contributed by atoms with E-state index in [0.717, 1.165) is 5.75 Å². The fraction of sp³-hybridized carbons (Fsp3) is 0.100. The van der Waals surface area contributed by atoms with Crippen LogP contribution in [0.3, 0.4) is 0 Å². The van der Waals surface area contributed by atoms with Gasteiger partial charge in [-0.1, -0.05) is 66.7 Å². The molecule has 0 aliphatic heterocycles. The van der Waals surface area contributed by atoms with Crippen molar-refractivity contribution in [2.24, 2.45) is 0 Å². The molecule has 0 fully saturated rings. The lowest BCUT2D eigenvalue weighted by Crippen LogP contribution is -2.07. The fourth-order valence-corrected chi connectivity index (χ4v) is 2.31. The molecule has 1 heteroatoms. The summed E-state index contributed by atoms with van der Waals surface area (Å²) < 4.78 is 5.96. The average Bonchev–Trinajstić information content (AvgIpc) is 2.54. The first kappa shape index (κ1) is 13.4.